The SMILES string of the molecule is Cc1ccc(C(C)N2C(=O)NC(=O)C(C(C)C)C2=O)cc1. The molecule has 0 saturated carbocycles. The molecule has 2 rings (SSSR count). The van der Waals surface area contributed by atoms with Crippen molar-refractivity contribution in [2.75, 3.05) is 0 Å². The van der Waals surface area contributed by atoms with Crippen molar-refractivity contribution >= 4 is 17.8 Å². The van der Waals surface area contributed by atoms with E-state index in [4.69, 9.17) is 0 Å². The molecule has 1 N–H and O–H groups in total. The van der Waals surface area contributed by atoms with E-state index in [0.29, 0.717) is 0 Å². The van der Waals surface area contributed by atoms with Gasteiger partial charge in [0, 0.05) is 0 Å². The fourth-order valence-corrected chi connectivity index (χ4v) is 2.55. The van der Waals surface area contributed by atoms with Crippen molar-refractivity contribution in [3.05, 3.63) is 35.4 Å². The summed E-state index contributed by atoms with van der Waals surface area (Å²) in [6.07, 6.45) is 0. The number of rotatable bonds is 3. The Morgan fingerprint density at radius 2 is 1.62 bits per heavy atom. The summed E-state index contributed by atoms with van der Waals surface area (Å²) in [5, 5.41) is 2.28. The van der Waals surface area contributed by atoms with E-state index in [0.717, 1.165) is 16.0 Å². The standard InChI is InChI=1S/C16H20N2O3/c1-9(2)13-14(19)17-16(21)18(15(13)20)11(4)12-7-5-10(3)6-8-12/h5-9,11,13H,1-4H3,(H,17,19,21). The molecule has 2 unspecified atom stereocenters. The third-order valence-electron chi connectivity index (χ3n) is 3.85. The normalized spacial score (nSPS) is 20.7. The minimum absolute atomic E-state index is 0.154. The van der Waals surface area contributed by atoms with E-state index >= 15 is 0 Å². The fraction of sp³-hybridized carbons (Fsp3) is 0.438. The van der Waals surface area contributed by atoms with Gasteiger partial charge in [-0.15, -0.1) is 0 Å². The molecule has 112 valence electrons. The Morgan fingerprint density at radius 1 is 1.05 bits per heavy atom. The van der Waals surface area contributed by atoms with Crippen LogP contribution in [0.1, 0.15) is 37.9 Å². The van der Waals surface area contributed by atoms with Gasteiger partial charge >= 0.3 is 6.03 Å². The number of aryl methyl sites for hydroxylation is 1. The molecule has 1 aliphatic rings. The number of imide groups is 2. The number of nitrogens with one attached hydrogen (secondary N) is 1. The Kier molecular flexibility index (Phi) is 4.11. The number of urea groups is 1. The van der Waals surface area contributed by atoms with Crippen LogP contribution in [-0.2, 0) is 9.59 Å². The lowest BCUT2D eigenvalue weighted by molar-refractivity contribution is -0.145. The second-order valence-corrected chi connectivity index (χ2v) is 5.81. The summed E-state index contributed by atoms with van der Waals surface area (Å²) in [5.41, 5.74) is 1.97. The predicted molar refractivity (Wildman–Crippen MR) is 78.3 cm³/mol. The Bertz CT molecular complexity index is 578. The highest BCUT2D eigenvalue weighted by molar-refractivity contribution is 6.16. The van der Waals surface area contributed by atoms with Crippen molar-refractivity contribution in [1.29, 1.82) is 0 Å². The first-order valence-corrected chi connectivity index (χ1v) is 7.07. The molecule has 1 aliphatic heterocycles. The fourth-order valence-electron chi connectivity index (χ4n) is 2.55. The van der Waals surface area contributed by atoms with Crippen LogP contribution >= 0.6 is 0 Å². The summed E-state index contributed by atoms with van der Waals surface area (Å²) in [7, 11) is 0. The zero-order valence-corrected chi connectivity index (χ0v) is 12.7. The van der Waals surface area contributed by atoms with Gasteiger partial charge in [0.15, 0.2) is 0 Å². The average Bonchev–Trinajstić information content (AvgIpc) is 2.38. The Hall–Kier alpha value is -2.17. The van der Waals surface area contributed by atoms with Gasteiger partial charge in [-0.1, -0.05) is 43.7 Å². The Labute approximate surface area is 124 Å². The van der Waals surface area contributed by atoms with Crippen LogP contribution in [0.5, 0.6) is 0 Å². The third kappa shape index (κ3) is 2.82. The maximum absolute atomic E-state index is 12.5. The number of nitrogens with zero attached hydrogens (tertiary/aromatic N) is 1. The quantitative estimate of drug-likeness (QED) is 0.869. The van der Waals surface area contributed by atoms with Gasteiger partial charge in [0.1, 0.15) is 5.92 Å². The first kappa shape index (κ1) is 15.2. The number of carbonyl (C=O) groups excluding carboxylic acids is 3. The summed E-state index contributed by atoms with van der Waals surface area (Å²) >= 11 is 0. The number of hydrogen-bond acceptors (Lipinski definition) is 3. The number of amides is 4. The second-order valence-electron chi connectivity index (χ2n) is 5.81. The summed E-state index contributed by atoms with van der Waals surface area (Å²) in [5.74, 6) is -1.90. The van der Waals surface area contributed by atoms with E-state index in [2.05, 4.69) is 5.32 Å². The lowest BCUT2D eigenvalue weighted by atomic mass is 9.91. The maximum Gasteiger partial charge on any atom is 0.331 e. The molecule has 0 spiro atoms. The molecule has 21 heavy (non-hydrogen) atoms. The molecule has 1 heterocycles. The van der Waals surface area contributed by atoms with Gasteiger partial charge in [0.25, 0.3) is 0 Å². The van der Waals surface area contributed by atoms with E-state index < -0.39 is 29.8 Å². The minimum Gasteiger partial charge on any atom is -0.277 e. The monoisotopic (exact) mass is 288 g/mol. The summed E-state index contributed by atoms with van der Waals surface area (Å²) in [6.45, 7) is 7.36. The highest BCUT2D eigenvalue weighted by Gasteiger charge is 2.44. The van der Waals surface area contributed by atoms with E-state index in [1.54, 1.807) is 20.8 Å². The maximum atomic E-state index is 12.5. The average molecular weight is 288 g/mol. The molecule has 4 amide bonds. The van der Waals surface area contributed by atoms with Crippen LogP contribution < -0.4 is 5.32 Å². The van der Waals surface area contributed by atoms with Crippen molar-refractivity contribution in [3.63, 3.8) is 0 Å². The van der Waals surface area contributed by atoms with Gasteiger partial charge in [-0.3, -0.25) is 19.8 Å². The first-order valence-electron chi connectivity index (χ1n) is 7.07. The predicted octanol–water partition coefficient (Wildman–Crippen LogP) is 2.41. The molecule has 0 aliphatic carbocycles. The summed E-state index contributed by atoms with van der Waals surface area (Å²) in [4.78, 5) is 37.5. The van der Waals surface area contributed by atoms with Gasteiger partial charge in [-0.05, 0) is 25.3 Å². The number of barbiturate groups is 1. The van der Waals surface area contributed by atoms with Crippen LogP contribution in [0.15, 0.2) is 24.3 Å². The molecule has 2 atom stereocenters. The van der Waals surface area contributed by atoms with Crippen LogP contribution in [0.25, 0.3) is 0 Å². The lowest BCUT2D eigenvalue weighted by Crippen LogP contribution is -2.59. The third-order valence-corrected chi connectivity index (χ3v) is 3.85. The van der Waals surface area contributed by atoms with Gasteiger partial charge in [-0.25, -0.2) is 4.79 Å². The molecule has 1 saturated heterocycles. The Morgan fingerprint density at radius 3 is 2.14 bits per heavy atom. The van der Waals surface area contributed by atoms with Gasteiger partial charge in [0.05, 0.1) is 6.04 Å². The van der Waals surface area contributed by atoms with Crippen LogP contribution in [0.2, 0.25) is 0 Å². The first-order chi connectivity index (χ1) is 9.82. The van der Waals surface area contributed by atoms with Crippen LogP contribution in [0, 0.1) is 18.8 Å². The highest BCUT2D eigenvalue weighted by atomic mass is 16.2. The minimum atomic E-state index is -0.810. The van der Waals surface area contributed by atoms with Crippen molar-refractivity contribution < 1.29 is 14.4 Å². The smallest absolute Gasteiger partial charge is 0.277 e. The molecule has 5 nitrogen and oxygen atoms in total. The molecule has 1 aromatic rings. The van der Waals surface area contributed by atoms with E-state index in [1.165, 1.54) is 0 Å². The lowest BCUT2D eigenvalue weighted by Gasteiger charge is -2.35. The number of carbonyl (C=O) groups is 3. The van der Waals surface area contributed by atoms with Crippen LogP contribution in [0.3, 0.4) is 0 Å². The molecule has 0 radical (unpaired) electrons. The molecule has 5 heteroatoms. The van der Waals surface area contributed by atoms with Crippen molar-refractivity contribution in [2.45, 2.75) is 33.7 Å². The number of benzene rings is 1. The van der Waals surface area contributed by atoms with Crippen LogP contribution in [-0.4, -0.2) is 22.7 Å². The van der Waals surface area contributed by atoms with Crippen molar-refractivity contribution in [3.8, 4) is 0 Å². The molecule has 0 aromatic heterocycles. The van der Waals surface area contributed by atoms with E-state index in [1.807, 2.05) is 31.2 Å². The molecule has 1 fully saturated rings. The molecule has 1 aromatic carbocycles. The van der Waals surface area contributed by atoms with Crippen molar-refractivity contribution in [2.24, 2.45) is 11.8 Å². The summed E-state index contributed by atoms with van der Waals surface area (Å²) < 4.78 is 0. The van der Waals surface area contributed by atoms with Crippen molar-refractivity contribution in [1.82, 2.24) is 10.2 Å². The molecular weight excluding hydrogens is 268 g/mol. The van der Waals surface area contributed by atoms with Gasteiger partial charge < -0.3 is 0 Å². The summed E-state index contributed by atoms with van der Waals surface area (Å²) in [6, 6.07) is 6.59. The molecular formula is C16H20N2O3. The zero-order valence-electron chi connectivity index (χ0n) is 12.7. The molecule has 0 bridgehead atoms. The van der Waals surface area contributed by atoms with Gasteiger partial charge in [-0.2, -0.15) is 0 Å². The second kappa shape index (κ2) is 5.68. The van der Waals surface area contributed by atoms with E-state index in [-0.39, 0.29) is 5.92 Å². The van der Waals surface area contributed by atoms with Crippen LogP contribution in [0.4, 0.5) is 4.79 Å². The zero-order chi connectivity index (χ0) is 15.7. The highest BCUT2D eigenvalue weighted by Crippen LogP contribution is 2.27. The van der Waals surface area contributed by atoms with Gasteiger partial charge in [0.2, 0.25) is 11.8 Å². The Balaban J connectivity index is 2.32. The topological polar surface area (TPSA) is 66.5 Å². The van der Waals surface area contributed by atoms with E-state index in [9.17, 15) is 14.4 Å². The number of hydrogen-bond donors (Lipinski definition) is 1. The largest absolute Gasteiger partial charge is 0.331 e.